The van der Waals surface area contributed by atoms with Crippen LogP contribution in [0, 0.1) is 16.0 Å². The van der Waals surface area contributed by atoms with Crippen molar-refractivity contribution in [3.63, 3.8) is 0 Å². The molecule has 1 fully saturated rings. The van der Waals surface area contributed by atoms with Gasteiger partial charge in [0.1, 0.15) is 6.20 Å². The maximum Gasteiger partial charge on any atom is 0.345 e. The normalized spacial score (nSPS) is 17.8. The molecule has 1 aromatic rings. The van der Waals surface area contributed by atoms with Crippen molar-refractivity contribution in [2.75, 3.05) is 31.5 Å². The molecule has 7 heteroatoms. The van der Waals surface area contributed by atoms with Crippen molar-refractivity contribution in [1.82, 2.24) is 9.88 Å². The van der Waals surface area contributed by atoms with Gasteiger partial charge in [0.2, 0.25) is 0 Å². The van der Waals surface area contributed by atoms with Crippen LogP contribution < -0.4 is 5.32 Å². The van der Waals surface area contributed by atoms with Gasteiger partial charge in [-0.1, -0.05) is 6.92 Å². The van der Waals surface area contributed by atoms with E-state index in [0.717, 1.165) is 43.4 Å². The number of nitrogens with one attached hydrogen (secondary N) is 1. The molecule has 0 spiro atoms. The minimum atomic E-state index is -0.408. The highest BCUT2D eigenvalue weighted by Gasteiger charge is 2.15. The van der Waals surface area contributed by atoms with Gasteiger partial charge in [0.05, 0.1) is 4.92 Å². The lowest BCUT2D eigenvalue weighted by Gasteiger charge is -2.30. The van der Waals surface area contributed by atoms with Crippen LogP contribution in [0.4, 0.5) is 10.1 Å². The average molecular weight is 270 g/mol. The predicted octanol–water partition coefficient (Wildman–Crippen LogP) is 2.20. The average Bonchev–Trinajstić information content (AvgIpc) is 2.81. The number of aromatic nitrogens is 1. The van der Waals surface area contributed by atoms with Gasteiger partial charge in [0, 0.05) is 13.1 Å². The van der Waals surface area contributed by atoms with Gasteiger partial charge in [-0.15, -0.1) is 0 Å². The van der Waals surface area contributed by atoms with E-state index in [4.69, 9.17) is 0 Å². The van der Waals surface area contributed by atoms with Crippen LogP contribution in [0.1, 0.15) is 19.8 Å². The molecule has 0 amide bonds. The molecule has 0 saturated carbocycles. The molecule has 0 bridgehead atoms. The standard InChI is InChI=1S/C11H18N4O2S/c1-9-2-5-14(6-3-9)7-4-12-11-13-8-10(18-11)15(16)17/h8-9H,2-7H2,1H3,(H,12,13). The number of rotatable bonds is 5. The van der Waals surface area contributed by atoms with Crippen LogP contribution in [0.15, 0.2) is 6.20 Å². The summed E-state index contributed by atoms with van der Waals surface area (Å²) >= 11 is 1.09. The van der Waals surface area contributed by atoms with Gasteiger partial charge in [0.25, 0.3) is 0 Å². The summed E-state index contributed by atoms with van der Waals surface area (Å²) in [5, 5.41) is 14.4. The Balaban J connectivity index is 1.70. The number of hydrogen-bond acceptors (Lipinski definition) is 6. The predicted molar refractivity (Wildman–Crippen MR) is 72.1 cm³/mol. The van der Waals surface area contributed by atoms with E-state index in [9.17, 15) is 10.1 Å². The molecule has 2 heterocycles. The minimum absolute atomic E-state index is 0.0873. The lowest BCUT2D eigenvalue weighted by molar-refractivity contribution is -0.380. The molecular weight excluding hydrogens is 252 g/mol. The smallest absolute Gasteiger partial charge is 0.345 e. The zero-order valence-electron chi connectivity index (χ0n) is 10.5. The summed E-state index contributed by atoms with van der Waals surface area (Å²) in [6.45, 7) is 6.37. The van der Waals surface area contributed by atoms with E-state index in [0.29, 0.717) is 5.13 Å². The maximum atomic E-state index is 10.5. The van der Waals surface area contributed by atoms with Crippen LogP contribution in [-0.2, 0) is 0 Å². The molecule has 100 valence electrons. The number of nitrogens with zero attached hydrogens (tertiary/aromatic N) is 3. The maximum absolute atomic E-state index is 10.5. The van der Waals surface area contributed by atoms with Gasteiger partial charge < -0.3 is 10.2 Å². The van der Waals surface area contributed by atoms with Gasteiger partial charge >= 0.3 is 5.00 Å². The third kappa shape index (κ3) is 3.64. The summed E-state index contributed by atoms with van der Waals surface area (Å²) in [6, 6.07) is 0. The lowest BCUT2D eigenvalue weighted by Crippen LogP contribution is -2.36. The van der Waals surface area contributed by atoms with Crippen LogP contribution in [0.3, 0.4) is 0 Å². The molecule has 1 aromatic heterocycles. The van der Waals surface area contributed by atoms with E-state index in [1.165, 1.54) is 19.0 Å². The molecule has 1 aliphatic rings. The molecule has 0 aliphatic carbocycles. The van der Waals surface area contributed by atoms with Crippen molar-refractivity contribution in [2.24, 2.45) is 5.92 Å². The molecule has 18 heavy (non-hydrogen) atoms. The molecule has 1 N–H and O–H groups in total. The Labute approximate surface area is 110 Å². The molecular formula is C11H18N4O2S. The summed E-state index contributed by atoms with van der Waals surface area (Å²) in [6.07, 6.45) is 3.83. The summed E-state index contributed by atoms with van der Waals surface area (Å²) in [5.41, 5.74) is 0. The van der Waals surface area contributed by atoms with E-state index in [-0.39, 0.29) is 5.00 Å². The number of nitro groups is 1. The molecule has 1 aliphatic heterocycles. The number of thiazole rings is 1. The molecule has 0 atom stereocenters. The molecule has 0 unspecified atom stereocenters. The molecule has 2 rings (SSSR count). The van der Waals surface area contributed by atoms with Crippen molar-refractivity contribution in [1.29, 1.82) is 0 Å². The zero-order valence-corrected chi connectivity index (χ0v) is 11.3. The zero-order chi connectivity index (χ0) is 13.0. The topological polar surface area (TPSA) is 71.3 Å². The van der Waals surface area contributed by atoms with Crippen LogP contribution in [0.5, 0.6) is 0 Å². The lowest BCUT2D eigenvalue weighted by atomic mass is 9.99. The van der Waals surface area contributed by atoms with Gasteiger partial charge in [-0.2, -0.15) is 0 Å². The Kier molecular flexibility index (Phi) is 4.48. The van der Waals surface area contributed by atoms with Crippen molar-refractivity contribution >= 4 is 21.5 Å². The van der Waals surface area contributed by atoms with Crippen LogP contribution in [-0.4, -0.2) is 41.0 Å². The largest absolute Gasteiger partial charge is 0.360 e. The first-order valence-electron chi connectivity index (χ1n) is 6.21. The summed E-state index contributed by atoms with van der Waals surface area (Å²) < 4.78 is 0. The molecule has 0 radical (unpaired) electrons. The minimum Gasteiger partial charge on any atom is -0.360 e. The Hall–Kier alpha value is -1.21. The van der Waals surface area contributed by atoms with E-state index in [1.807, 2.05) is 0 Å². The summed E-state index contributed by atoms with van der Waals surface area (Å²) in [7, 11) is 0. The van der Waals surface area contributed by atoms with Crippen LogP contribution >= 0.6 is 11.3 Å². The molecule has 1 saturated heterocycles. The van der Waals surface area contributed by atoms with Crippen molar-refractivity contribution in [2.45, 2.75) is 19.8 Å². The number of likely N-dealkylation sites (tertiary alicyclic amines) is 1. The molecule has 6 nitrogen and oxygen atoms in total. The SMILES string of the molecule is CC1CCN(CCNc2ncc([N+](=O)[O-])s2)CC1. The fraction of sp³-hybridized carbons (Fsp3) is 0.727. The summed E-state index contributed by atoms with van der Waals surface area (Å²) in [5.74, 6) is 0.843. The second kappa shape index (κ2) is 6.10. The quantitative estimate of drug-likeness (QED) is 0.656. The first-order valence-corrected chi connectivity index (χ1v) is 7.03. The third-order valence-electron chi connectivity index (χ3n) is 3.25. The number of anilines is 1. The monoisotopic (exact) mass is 270 g/mol. The van der Waals surface area contributed by atoms with Crippen LogP contribution in [0.2, 0.25) is 0 Å². The number of hydrogen-bond donors (Lipinski definition) is 1. The second-order valence-electron chi connectivity index (χ2n) is 4.71. The highest BCUT2D eigenvalue weighted by molar-refractivity contribution is 7.18. The number of piperidine rings is 1. The highest BCUT2D eigenvalue weighted by atomic mass is 32.1. The molecule has 0 aromatic carbocycles. The van der Waals surface area contributed by atoms with E-state index in [2.05, 4.69) is 22.1 Å². The Morgan fingerprint density at radius 2 is 2.33 bits per heavy atom. The van der Waals surface area contributed by atoms with Gasteiger partial charge in [-0.3, -0.25) is 10.1 Å². The Morgan fingerprint density at radius 1 is 1.61 bits per heavy atom. The highest BCUT2D eigenvalue weighted by Crippen LogP contribution is 2.24. The van der Waals surface area contributed by atoms with E-state index in [1.54, 1.807) is 0 Å². The fourth-order valence-electron chi connectivity index (χ4n) is 2.04. The van der Waals surface area contributed by atoms with Crippen molar-refractivity contribution in [3.8, 4) is 0 Å². The first-order chi connectivity index (χ1) is 8.65. The second-order valence-corrected chi connectivity index (χ2v) is 5.72. The van der Waals surface area contributed by atoms with Gasteiger partial charge in [-0.25, -0.2) is 4.98 Å². The third-order valence-corrected chi connectivity index (χ3v) is 4.16. The fourth-order valence-corrected chi connectivity index (χ4v) is 2.70. The van der Waals surface area contributed by atoms with Crippen molar-refractivity contribution in [3.05, 3.63) is 16.3 Å². The van der Waals surface area contributed by atoms with Gasteiger partial charge in [-0.05, 0) is 43.2 Å². The van der Waals surface area contributed by atoms with Crippen molar-refractivity contribution < 1.29 is 4.92 Å². The van der Waals surface area contributed by atoms with Gasteiger partial charge in [0.15, 0.2) is 5.13 Å². The van der Waals surface area contributed by atoms with Crippen LogP contribution in [0.25, 0.3) is 0 Å². The first kappa shape index (κ1) is 13.2. The summed E-state index contributed by atoms with van der Waals surface area (Å²) in [4.78, 5) is 16.5. The Morgan fingerprint density at radius 3 is 2.94 bits per heavy atom. The Bertz CT molecular complexity index is 402. The van der Waals surface area contributed by atoms with E-state index >= 15 is 0 Å². The van der Waals surface area contributed by atoms with E-state index < -0.39 is 4.92 Å².